The second kappa shape index (κ2) is 23.6. The van der Waals surface area contributed by atoms with Gasteiger partial charge in [-0.25, -0.2) is 14.2 Å². The summed E-state index contributed by atoms with van der Waals surface area (Å²) in [5, 5.41) is 12.7. The SMILES string of the molecule is CC(C)[C@H](NC(=O)[C@@H](N)CC(=O)N[C@H]1CCOC1=O)C(=O)N[C@@H](CCCNC(N)=O)C(=O)Nc1ccc(COP(=O)(O)Oc2cccc(CC(=O)OCc3ccccc3)c2)cc1. The maximum atomic E-state index is 13.5. The summed E-state index contributed by atoms with van der Waals surface area (Å²) in [6, 6.07) is 15.9. The van der Waals surface area contributed by atoms with Gasteiger partial charge in [-0.1, -0.05) is 68.4 Å². The van der Waals surface area contributed by atoms with E-state index in [9.17, 15) is 43.0 Å². The molecule has 20 nitrogen and oxygen atoms in total. The monoisotopic (exact) mass is 881 g/mol. The van der Waals surface area contributed by atoms with Crippen molar-refractivity contribution in [3.8, 4) is 5.75 Å². The molecule has 0 bridgehead atoms. The number of rotatable bonds is 23. The van der Waals surface area contributed by atoms with E-state index in [0.717, 1.165) is 5.56 Å². The summed E-state index contributed by atoms with van der Waals surface area (Å²) in [5.74, 6) is -4.41. The molecule has 1 unspecified atom stereocenters. The lowest BCUT2D eigenvalue weighted by Gasteiger charge is -2.26. The number of phosphoric ester groups is 1. The van der Waals surface area contributed by atoms with Gasteiger partial charge in [0.2, 0.25) is 23.6 Å². The molecule has 21 heteroatoms. The second-order valence-corrected chi connectivity index (χ2v) is 16.0. The third kappa shape index (κ3) is 16.6. The molecule has 6 amide bonds. The molecule has 0 saturated carbocycles. The van der Waals surface area contributed by atoms with Gasteiger partial charge in [0.05, 0.1) is 32.1 Å². The third-order valence-corrected chi connectivity index (χ3v) is 10.1. The summed E-state index contributed by atoms with van der Waals surface area (Å²) in [5.41, 5.74) is 13.2. The number of hydrogen-bond donors (Lipinski definition) is 8. The summed E-state index contributed by atoms with van der Waals surface area (Å²) >= 11 is 0. The van der Waals surface area contributed by atoms with Gasteiger partial charge in [0.1, 0.15) is 30.5 Å². The largest absolute Gasteiger partial charge is 0.527 e. The van der Waals surface area contributed by atoms with Crippen molar-refractivity contribution in [3.63, 3.8) is 0 Å². The zero-order valence-corrected chi connectivity index (χ0v) is 35.1. The first kappa shape index (κ1) is 48.3. The minimum absolute atomic E-state index is 0.00491. The van der Waals surface area contributed by atoms with Crippen LogP contribution in [0.2, 0.25) is 0 Å². The van der Waals surface area contributed by atoms with Gasteiger partial charge in [-0.2, -0.15) is 0 Å². The Bertz CT molecular complexity index is 2090. The average Bonchev–Trinajstić information content (AvgIpc) is 3.62. The number of hydrogen-bond acceptors (Lipinski definition) is 13. The van der Waals surface area contributed by atoms with Crippen LogP contribution in [0.15, 0.2) is 78.9 Å². The molecule has 1 aliphatic rings. The van der Waals surface area contributed by atoms with Crippen LogP contribution >= 0.6 is 7.82 Å². The first-order valence-electron chi connectivity index (χ1n) is 19.7. The number of primary amides is 1. The molecule has 0 aromatic heterocycles. The van der Waals surface area contributed by atoms with Crippen LogP contribution in [0.3, 0.4) is 0 Å². The smallest absolute Gasteiger partial charge is 0.464 e. The molecule has 0 aliphatic carbocycles. The molecular formula is C41H52N7O13P. The Labute approximate surface area is 357 Å². The normalized spacial score (nSPS) is 15.8. The fraction of sp³-hybridized carbons (Fsp3) is 0.390. The molecule has 4 rings (SSSR count). The number of urea groups is 1. The van der Waals surface area contributed by atoms with Crippen LogP contribution in [0.4, 0.5) is 10.5 Å². The van der Waals surface area contributed by atoms with Crippen LogP contribution in [-0.4, -0.2) is 83.8 Å². The standard InChI is InChI=1S/C41H52N7O13P/c1-25(2)36(48-37(51)31(42)22-34(49)46-33-17-19-58-40(33)54)39(53)47-32(12-7-18-44-41(43)55)38(52)45-29-15-13-27(14-16-29)24-60-62(56,57)61-30-11-6-10-28(20-30)21-35(50)59-23-26-8-4-3-5-9-26/h3-6,8-11,13-16,20,25,31-33,36H,7,12,17-19,21-24,42H2,1-2H3,(H,45,52)(H,46,49)(H,47,53)(H,48,51)(H,56,57)(H3,43,44,55)/t31-,32-,33-,36-/m0/s1. The molecule has 1 aliphatic heterocycles. The first-order valence-corrected chi connectivity index (χ1v) is 21.2. The van der Waals surface area contributed by atoms with Crippen molar-refractivity contribution in [3.05, 3.63) is 95.6 Å². The average molecular weight is 882 g/mol. The summed E-state index contributed by atoms with van der Waals surface area (Å²) in [4.78, 5) is 98.1. The van der Waals surface area contributed by atoms with Gasteiger partial charge in [-0.15, -0.1) is 0 Å². The molecule has 62 heavy (non-hydrogen) atoms. The van der Waals surface area contributed by atoms with E-state index in [-0.39, 0.29) is 57.8 Å². The number of phosphoric acid groups is 1. The molecule has 334 valence electrons. The van der Waals surface area contributed by atoms with Crippen molar-refractivity contribution >= 4 is 55.1 Å². The van der Waals surface area contributed by atoms with Crippen LogP contribution in [0.5, 0.6) is 5.75 Å². The van der Waals surface area contributed by atoms with Crippen LogP contribution in [0, 0.1) is 5.92 Å². The minimum atomic E-state index is -4.64. The number of carbonyl (C=O) groups excluding carboxylic acids is 7. The Hall–Kier alpha value is -6.34. The van der Waals surface area contributed by atoms with Crippen molar-refractivity contribution in [2.24, 2.45) is 17.4 Å². The molecule has 3 aromatic rings. The zero-order chi connectivity index (χ0) is 45.2. The van der Waals surface area contributed by atoms with E-state index in [0.29, 0.717) is 16.8 Å². The van der Waals surface area contributed by atoms with Gasteiger partial charge in [-0.05, 0) is 59.7 Å². The van der Waals surface area contributed by atoms with Gasteiger partial charge >= 0.3 is 25.8 Å². The highest BCUT2D eigenvalue weighted by atomic mass is 31.2. The van der Waals surface area contributed by atoms with Crippen molar-refractivity contribution in [1.29, 1.82) is 0 Å². The van der Waals surface area contributed by atoms with Crippen LogP contribution in [0.25, 0.3) is 0 Å². The topological polar surface area (TPSA) is 306 Å². The molecule has 0 radical (unpaired) electrons. The molecule has 1 fully saturated rings. The number of amides is 6. The van der Waals surface area contributed by atoms with Crippen LogP contribution in [0.1, 0.15) is 56.2 Å². The molecule has 10 N–H and O–H groups in total. The number of carbonyl (C=O) groups is 7. The highest BCUT2D eigenvalue weighted by Gasteiger charge is 2.32. The lowest BCUT2D eigenvalue weighted by molar-refractivity contribution is -0.144. The van der Waals surface area contributed by atoms with Crippen LogP contribution < -0.4 is 42.6 Å². The number of anilines is 1. The summed E-state index contributed by atoms with van der Waals surface area (Å²) in [6.07, 6.45) is -0.0136. The van der Waals surface area contributed by atoms with Gasteiger partial charge in [-0.3, -0.25) is 33.4 Å². The fourth-order valence-electron chi connectivity index (χ4n) is 5.91. The number of esters is 2. The van der Waals surface area contributed by atoms with Gasteiger partial charge in [0.15, 0.2) is 0 Å². The van der Waals surface area contributed by atoms with E-state index in [1.165, 1.54) is 36.4 Å². The summed E-state index contributed by atoms with van der Waals surface area (Å²) < 4.78 is 33.3. The molecule has 3 aromatic carbocycles. The second-order valence-electron chi connectivity index (χ2n) is 14.6. The Kier molecular flexibility index (Phi) is 18.4. The minimum Gasteiger partial charge on any atom is -0.464 e. The van der Waals surface area contributed by atoms with Gasteiger partial charge < -0.3 is 52.0 Å². The van der Waals surface area contributed by atoms with E-state index >= 15 is 0 Å². The number of cyclic esters (lactones) is 1. The molecular weight excluding hydrogens is 829 g/mol. The number of nitrogens with one attached hydrogen (secondary N) is 5. The first-order chi connectivity index (χ1) is 29.5. The van der Waals surface area contributed by atoms with E-state index in [2.05, 4.69) is 26.6 Å². The Morgan fingerprint density at radius 3 is 2.24 bits per heavy atom. The maximum Gasteiger partial charge on any atom is 0.527 e. The predicted molar refractivity (Wildman–Crippen MR) is 222 cm³/mol. The quantitative estimate of drug-likeness (QED) is 0.0383. The lowest BCUT2D eigenvalue weighted by Crippen LogP contribution is -2.57. The number of nitrogens with two attached hydrogens (primary N) is 2. The maximum absolute atomic E-state index is 13.5. The lowest BCUT2D eigenvalue weighted by atomic mass is 10.0. The number of ether oxygens (including phenoxy) is 2. The van der Waals surface area contributed by atoms with Gasteiger partial charge in [0, 0.05) is 18.7 Å². The molecule has 5 atom stereocenters. The van der Waals surface area contributed by atoms with Crippen molar-refractivity contribution in [1.82, 2.24) is 21.3 Å². The molecule has 1 heterocycles. The zero-order valence-electron chi connectivity index (χ0n) is 34.2. The van der Waals surface area contributed by atoms with E-state index in [4.69, 9.17) is 30.0 Å². The van der Waals surface area contributed by atoms with Gasteiger partial charge in [0.25, 0.3) is 0 Å². The highest BCUT2D eigenvalue weighted by molar-refractivity contribution is 7.47. The summed E-state index contributed by atoms with van der Waals surface area (Å²) in [7, 11) is -4.64. The van der Waals surface area contributed by atoms with E-state index in [1.54, 1.807) is 26.0 Å². The van der Waals surface area contributed by atoms with E-state index < -0.39 is 85.9 Å². The Morgan fingerprint density at radius 1 is 0.887 bits per heavy atom. The summed E-state index contributed by atoms with van der Waals surface area (Å²) in [6.45, 7) is 3.31. The Morgan fingerprint density at radius 2 is 1.58 bits per heavy atom. The van der Waals surface area contributed by atoms with Crippen molar-refractivity contribution < 1.29 is 61.5 Å². The van der Waals surface area contributed by atoms with E-state index in [1.807, 2.05) is 30.3 Å². The van der Waals surface area contributed by atoms with Crippen molar-refractivity contribution in [2.75, 3.05) is 18.5 Å². The predicted octanol–water partition coefficient (Wildman–Crippen LogP) is 1.83. The third-order valence-electron chi connectivity index (χ3n) is 9.19. The Balaban J connectivity index is 1.30. The number of benzene rings is 3. The fourth-order valence-corrected chi connectivity index (χ4v) is 6.66. The highest BCUT2D eigenvalue weighted by Crippen LogP contribution is 2.44. The molecule has 0 spiro atoms. The molecule has 1 saturated heterocycles. The van der Waals surface area contributed by atoms with Crippen molar-refractivity contribution in [2.45, 2.75) is 83.3 Å². The van der Waals surface area contributed by atoms with Crippen LogP contribution in [-0.2, 0) is 67.0 Å².